The maximum absolute atomic E-state index is 5.95. The van der Waals surface area contributed by atoms with Gasteiger partial charge in [0.25, 0.3) is 0 Å². The Labute approximate surface area is 131 Å². The molecule has 22 heavy (non-hydrogen) atoms. The quantitative estimate of drug-likeness (QED) is 0.600. The van der Waals surface area contributed by atoms with Gasteiger partial charge in [-0.2, -0.15) is 0 Å². The molecule has 0 aliphatic heterocycles. The van der Waals surface area contributed by atoms with Crippen molar-refractivity contribution in [3.05, 3.63) is 71.9 Å². The van der Waals surface area contributed by atoms with E-state index < -0.39 is 0 Å². The second-order valence-corrected chi connectivity index (χ2v) is 5.56. The molecule has 0 saturated carbocycles. The minimum Gasteiger partial charge on any atom is -0.493 e. The van der Waals surface area contributed by atoms with Gasteiger partial charge in [0.15, 0.2) is 0 Å². The van der Waals surface area contributed by atoms with Gasteiger partial charge in [0.05, 0.1) is 12.1 Å². The van der Waals surface area contributed by atoms with E-state index in [1.807, 2.05) is 30.5 Å². The van der Waals surface area contributed by atoms with Crippen LogP contribution in [-0.4, -0.2) is 11.6 Å². The van der Waals surface area contributed by atoms with Gasteiger partial charge in [-0.3, -0.25) is 4.98 Å². The van der Waals surface area contributed by atoms with E-state index in [4.69, 9.17) is 4.74 Å². The first kappa shape index (κ1) is 14.6. The zero-order chi connectivity index (χ0) is 15.2. The van der Waals surface area contributed by atoms with Crippen LogP contribution in [0.2, 0.25) is 0 Å². The zero-order valence-corrected chi connectivity index (χ0v) is 13.0. The Morgan fingerprint density at radius 3 is 2.64 bits per heavy atom. The van der Waals surface area contributed by atoms with E-state index in [1.165, 1.54) is 11.1 Å². The molecule has 0 radical (unpaired) electrons. The average Bonchev–Trinajstić information content (AvgIpc) is 2.56. The molecule has 0 atom stereocenters. The molecule has 0 saturated heterocycles. The number of unbranched alkanes of at least 4 members (excludes halogenated alkanes) is 1. The lowest BCUT2D eigenvalue weighted by molar-refractivity contribution is 0.310. The first-order chi connectivity index (χ1) is 10.8. The van der Waals surface area contributed by atoms with Crippen LogP contribution in [0.1, 0.15) is 24.0 Å². The van der Waals surface area contributed by atoms with Crippen LogP contribution in [0.5, 0.6) is 5.75 Å². The van der Waals surface area contributed by atoms with Gasteiger partial charge in [-0.05, 0) is 55.5 Å². The molecule has 0 N–H and O–H groups in total. The van der Waals surface area contributed by atoms with Crippen molar-refractivity contribution in [2.24, 2.45) is 0 Å². The molecular formula is C20H21NO. The van der Waals surface area contributed by atoms with E-state index in [1.54, 1.807) is 0 Å². The molecule has 0 aliphatic rings. The minimum atomic E-state index is 0.750. The molecule has 0 unspecified atom stereocenters. The number of para-hydroxylation sites is 1. The molecule has 0 spiro atoms. The largest absolute Gasteiger partial charge is 0.493 e. The monoisotopic (exact) mass is 291 g/mol. The third-order valence-electron chi connectivity index (χ3n) is 3.97. The van der Waals surface area contributed by atoms with Crippen molar-refractivity contribution >= 4 is 10.9 Å². The Morgan fingerprint density at radius 2 is 1.73 bits per heavy atom. The maximum Gasteiger partial charge on any atom is 0.130 e. The number of fused-ring (bicyclic) bond motifs is 1. The van der Waals surface area contributed by atoms with Crippen LogP contribution in [0.4, 0.5) is 0 Å². The predicted octanol–water partition coefficient (Wildman–Crippen LogP) is 4.94. The molecule has 2 nitrogen and oxygen atoms in total. The van der Waals surface area contributed by atoms with Crippen LogP contribution in [0.15, 0.2) is 60.8 Å². The number of aryl methyl sites for hydroxylation is 2. The van der Waals surface area contributed by atoms with Crippen LogP contribution in [-0.2, 0) is 6.42 Å². The second kappa shape index (κ2) is 7.08. The third kappa shape index (κ3) is 3.45. The fourth-order valence-corrected chi connectivity index (χ4v) is 2.69. The molecule has 3 rings (SSSR count). The SMILES string of the molecule is Cc1ccccc1CCCCOc1ccnc2ccccc12. The summed E-state index contributed by atoms with van der Waals surface area (Å²) < 4.78 is 5.95. The lowest BCUT2D eigenvalue weighted by atomic mass is 10.0. The summed E-state index contributed by atoms with van der Waals surface area (Å²) >= 11 is 0. The van der Waals surface area contributed by atoms with E-state index in [9.17, 15) is 0 Å². The van der Waals surface area contributed by atoms with E-state index >= 15 is 0 Å². The van der Waals surface area contributed by atoms with Gasteiger partial charge < -0.3 is 4.74 Å². The van der Waals surface area contributed by atoms with Crippen molar-refractivity contribution in [2.75, 3.05) is 6.61 Å². The van der Waals surface area contributed by atoms with Crippen LogP contribution >= 0.6 is 0 Å². The Kier molecular flexibility index (Phi) is 4.69. The molecule has 0 aliphatic carbocycles. The first-order valence-electron chi connectivity index (χ1n) is 7.85. The number of pyridine rings is 1. The van der Waals surface area contributed by atoms with Gasteiger partial charge in [0.2, 0.25) is 0 Å². The molecular weight excluding hydrogens is 270 g/mol. The standard InChI is InChI=1S/C20H21NO/c1-16-8-2-3-9-17(16)10-6-7-15-22-20-13-14-21-19-12-5-4-11-18(19)20/h2-5,8-9,11-14H,6-7,10,15H2,1H3. The molecule has 2 aromatic carbocycles. The molecule has 1 aromatic heterocycles. The van der Waals surface area contributed by atoms with Crippen molar-refractivity contribution in [2.45, 2.75) is 26.2 Å². The summed E-state index contributed by atoms with van der Waals surface area (Å²) in [5.74, 6) is 0.932. The molecule has 0 amide bonds. The van der Waals surface area contributed by atoms with Gasteiger partial charge in [0, 0.05) is 11.6 Å². The minimum absolute atomic E-state index is 0.750. The fraction of sp³-hybridized carbons (Fsp3) is 0.250. The summed E-state index contributed by atoms with van der Waals surface area (Å²) in [4.78, 5) is 4.36. The van der Waals surface area contributed by atoms with Gasteiger partial charge >= 0.3 is 0 Å². The number of ether oxygens (including phenoxy) is 1. The molecule has 3 aromatic rings. The average molecular weight is 291 g/mol. The predicted molar refractivity (Wildman–Crippen MR) is 91.4 cm³/mol. The Bertz CT molecular complexity index is 746. The van der Waals surface area contributed by atoms with Gasteiger partial charge in [0.1, 0.15) is 5.75 Å². The van der Waals surface area contributed by atoms with Crippen molar-refractivity contribution in [1.29, 1.82) is 0 Å². The summed E-state index contributed by atoms with van der Waals surface area (Å²) in [5.41, 5.74) is 3.81. The summed E-state index contributed by atoms with van der Waals surface area (Å²) in [6.45, 7) is 2.93. The highest BCUT2D eigenvalue weighted by molar-refractivity contribution is 5.84. The maximum atomic E-state index is 5.95. The van der Waals surface area contributed by atoms with Gasteiger partial charge in [-0.1, -0.05) is 36.4 Å². The molecule has 1 heterocycles. The topological polar surface area (TPSA) is 22.1 Å². The van der Waals surface area contributed by atoms with Gasteiger partial charge in [-0.15, -0.1) is 0 Å². The smallest absolute Gasteiger partial charge is 0.130 e. The zero-order valence-electron chi connectivity index (χ0n) is 13.0. The normalized spacial score (nSPS) is 10.8. The van der Waals surface area contributed by atoms with E-state index in [2.05, 4.69) is 42.2 Å². The Morgan fingerprint density at radius 1 is 0.909 bits per heavy atom. The van der Waals surface area contributed by atoms with Crippen molar-refractivity contribution < 1.29 is 4.74 Å². The van der Waals surface area contributed by atoms with Crippen LogP contribution in [0.25, 0.3) is 10.9 Å². The van der Waals surface area contributed by atoms with E-state index in [0.717, 1.165) is 42.5 Å². The highest BCUT2D eigenvalue weighted by Crippen LogP contribution is 2.23. The van der Waals surface area contributed by atoms with Crippen LogP contribution < -0.4 is 4.74 Å². The Hall–Kier alpha value is -2.35. The lowest BCUT2D eigenvalue weighted by Gasteiger charge is -2.09. The third-order valence-corrected chi connectivity index (χ3v) is 3.97. The van der Waals surface area contributed by atoms with Crippen molar-refractivity contribution in [3.63, 3.8) is 0 Å². The molecule has 112 valence electrons. The Balaban J connectivity index is 1.52. The molecule has 0 bridgehead atoms. The highest BCUT2D eigenvalue weighted by atomic mass is 16.5. The van der Waals surface area contributed by atoms with Crippen molar-refractivity contribution in [1.82, 2.24) is 4.98 Å². The molecule has 0 fully saturated rings. The summed E-state index contributed by atoms with van der Waals surface area (Å²) in [5, 5.41) is 1.09. The number of aromatic nitrogens is 1. The van der Waals surface area contributed by atoms with E-state index in [0.29, 0.717) is 0 Å². The van der Waals surface area contributed by atoms with Crippen LogP contribution in [0, 0.1) is 6.92 Å². The second-order valence-electron chi connectivity index (χ2n) is 5.56. The number of hydrogen-bond donors (Lipinski definition) is 0. The number of hydrogen-bond acceptors (Lipinski definition) is 2. The van der Waals surface area contributed by atoms with Gasteiger partial charge in [-0.25, -0.2) is 0 Å². The summed E-state index contributed by atoms with van der Waals surface area (Å²) in [6, 6.07) is 18.6. The summed E-state index contributed by atoms with van der Waals surface area (Å²) in [7, 11) is 0. The molecule has 2 heteroatoms. The fourth-order valence-electron chi connectivity index (χ4n) is 2.69. The number of nitrogens with zero attached hydrogens (tertiary/aromatic N) is 1. The number of rotatable bonds is 6. The summed E-state index contributed by atoms with van der Waals surface area (Å²) in [6.07, 6.45) is 5.14. The highest BCUT2D eigenvalue weighted by Gasteiger charge is 2.02. The van der Waals surface area contributed by atoms with Crippen molar-refractivity contribution in [3.8, 4) is 5.75 Å². The van der Waals surface area contributed by atoms with E-state index in [-0.39, 0.29) is 0 Å². The first-order valence-corrected chi connectivity index (χ1v) is 7.85. The number of benzene rings is 2. The lowest BCUT2D eigenvalue weighted by Crippen LogP contribution is -1.99. The van der Waals surface area contributed by atoms with Crippen LogP contribution in [0.3, 0.4) is 0 Å².